The molecule has 142 valence electrons. The largest absolute Gasteiger partial charge is 0.462 e. The van der Waals surface area contributed by atoms with Crippen LogP contribution in [-0.2, 0) is 16.1 Å². The van der Waals surface area contributed by atoms with Gasteiger partial charge in [0.2, 0.25) is 5.91 Å². The Kier molecular flexibility index (Phi) is 5.02. The molecular weight excluding hydrogens is 368 g/mol. The van der Waals surface area contributed by atoms with Crippen molar-refractivity contribution >= 4 is 33.4 Å². The van der Waals surface area contributed by atoms with Gasteiger partial charge in [-0.1, -0.05) is 0 Å². The average molecular weight is 388 g/mol. The molecule has 1 saturated carbocycles. The van der Waals surface area contributed by atoms with Crippen LogP contribution in [0.3, 0.4) is 0 Å². The van der Waals surface area contributed by atoms with E-state index in [-0.39, 0.29) is 19.1 Å². The van der Waals surface area contributed by atoms with E-state index >= 15 is 0 Å². The van der Waals surface area contributed by atoms with Crippen molar-refractivity contribution in [3.05, 3.63) is 27.1 Å². The van der Waals surface area contributed by atoms with Gasteiger partial charge in [0.25, 0.3) is 5.56 Å². The number of aryl methyl sites for hydroxylation is 1. The summed E-state index contributed by atoms with van der Waals surface area (Å²) in [5.74, 6) is -0.765. The van der Waals surface area contributed by atoms with E-state index < -0.39 is 23.0 Å². The molecule has 0 unspecified atom stereocenters. The molecule has 1 atom stereocenters. The normalized spacial score (nSPS) is 15.8. The van der Waals surface area contributed by atoms with Gasteiger partial charge in [-0.25, -0.2) is 9.78 Å². The van der Waals surface area contributed by atoms with Crippen LogP contribution in [0.1, 0.15) is 41.9 Å². The van der Waals surface area contributed by atoms with Crippen LogP contribution in [0.5, 0.6) is 0 Å². The molecule has 27 heavy (non-hydrogen) atoms. The summed E-state index contributed by atoms with van der Waals surface area (Å²) in [6.07, 6.45) is 3.10. The van der Waals surface area contributed by atoms with Crippen LogP contribution in [0.4, 0.5) is 0 Å². The standard InChI is InChI=1S/C18H20N4O4S/c1-4-26-17(25)14-10(2)13-15(27-14)20-9-22(16(13)24)7-12(23)21-18(3,8-19)11-5-6-11/h9,11H,4-7H2,1-3H3,(H,21,23)/t18-/m1/s1. The number of hydrogen-bond acceptors (Lipinski definition) is 7. The molecule has 1 fully saturated rings. The predicted molar refractivity (Wildman–Crippen MR) is 99.5 cm³/mol. The highest BCUT2D eigenvalue weighted by atomic mass is 32.1. The molecule has 1 aliphatic carbocycles. The maximum absolute atomic E-state index is 12.8. The van der Waals surface area contributed by atoms with Crippen LogP contribution in [0.15, 0.2) is 11.1 Å². The second kappa shape index (κ2) is 7.12. The summed E-state index contributed by atoms with van der Waals surface area (Å²) in [5, 5.41) is 12.4. The zero-order valence-corrected chi connectivity index (χ0v) is 16.2. The van der Waals surface area contributed by atoms with Gasteiger partial charge in [-0.05, 0) is 45.1 Å². The van der Waals surface area contributed by atoms with Crippen LogP contribution in [0.25, 0.3) is 10.2 Å². The van der Waals surface area contributed by atoms with E-state index in [4.69, 9.17) is 4.74 Å². The monoisotopic (exact) mass is 388 g/mol. The molecule has 2 aromatic rings. The molecule has 1 N–H and O–H groups in total. The first-order chi connectivity index (χ1) is 12.8. The van der Waals surface area contributed by atoms with E-state index in [9.17, 15) is 19.6 Å². The predicted octanol–water partition coefficient (Wildman–Crippen LogP) is 1.75. The quantitative estimate of drug-likeness (QED) is 0.754. The van der Waals surface area contributed by atoms with Gasteiger partial charge in [-0.15, -0.1) is 11.3 Å². The molecule has 1 aliphatic rings. The third-order valence-electron chi connectivity index (χ3n) is 4.72. The Morgan fingerprint density at radius 3 is 2.81 bits per heavy atom. The number of rotatable bonds is 6. The minimum Gasteiger partial charge on any atom is -0.462 e. The van der Waals surface area contributed by atoms with Crippen molar-refractivity contribution in [3.63, 3.8) is 0 Å². The van der Waals surface area contributed by atoms with Crippen LogP contribution in [0.2, 0.25) is 0 Å². The molecule has 0 radical (unpaired) electrons. The van der Waals surface area contributed by atoms with Crippen molar-refractivity contribution in [2.24, 2.45) is 5.92 Å². The van der Waals surface area contributed by atoms with Crippen molar-refractivity contribution in [2.45, 2.75) is 45.7 Å². The maximum Gasteiger partial charge on any atom is 0.348 e. The first-order valence-electron chi connectivity index (χ1n) is 8.68. The van der Waals surface area contributed by atoms with E-state index in [0.717, 1.165) is 24.2 Å². The lowest BCUT2D eigenvalue weighted by Gasteiger charge is -2.23. The van der Waals surface area contributed by atoms with Gasteiger partial charge in [-0.3, -0.25) is 14.2 Å². The zero-order valence-electron chi connectivity index (χ0n) is 15.4. The number of esters is 1. The van der Waals surface area contributed by atoms with Crippen molar-refractivity contribution in [2.75, 3.05) is 6.61 Å². The molecule has 9 heteroatoms. The van der Waals surface area contributed by atoms with Gasteiger partial charge in [0.15, 0.2) is 0 Å². The number of fused-ring (bicyclic) bond motifs is 1. The Bertz CT molecular complexity index is 1010. The van der Waals surface area contributed by atoms with E-state index in [2.05, 4.69) is 16.4 Å². The molecular formula is C18H20N4O4S. The third kappa shape index (κ3) is 3.57. The Morgan fingerprint density at radius 1 is 1.52 bits per heavy atom. The SMILES string of the molecule is CCOC(=O)c1sc2ncn(CC(=O)N[C@](C)(C#N)C3CC3)c(=O)c2c1C. The van der Waals surface area contributed by atoms with Crippen LogP contribution >= 0.6 is 11.3 Å². The highest BCUT2D eigenvalue weighted by Crippen LogP contribution is 2.39. The third-order valence-corrected chi connectivity index (χ3v) is 5.90. The number of hydrogen-bond donors (Lipinski definition) is 1. The summed E-state index contributed by atoms with van der Waals surface area (Å²) >= 11 is 1.10. The molecule has 3 rings (SSSR count). The van der Waals surface area contributed by atoms with Crippen LogP contribution in [-0.4, -0.2) is 33.6 Å². The maximum atomic E-state index is 12.8. The fourth-order valence-electron chi connectivity index (χ4n) is 3.03. The lowest BCUT2D eigenvalue weighted by molar-refractivity contribution is -0.123. The van der Waals surface area contributed by atoms with Crippen LogP contribution in [0, 0.1) is 24.2 Å². The molecule has 2 aromatic heterocycles. The van der Waals surface area contributed by atoms with Crippen molar-refractivity contribution in [3.8, 4) is 6.07 Å². The van der Waals surface area contributed by atoms with Crippen LogP contribution < -0.4 is 10.9 Å². The fraction of sp³-hybridized carbons (Fsp3) is 0.500. The summed E-state index contributed by atoms with van der Waals surface area (Å²) in [4.78, 5) is 42.2. The van der Waals surface area contributed by atoms with E-state index in [1.54, 1.807) is 20.8 Å². The average Bonchev–Trinajstić information content (AvgIpc) is 3.42. The first-order valence-corrected chi connectivity index (χ1v) is 9.50. The minimum absolute atomic E-state index is 0.148. The van der Waals surface area contributed by atoms with Gasteiger partial charge in [0.1, 0.15) is 21.8 Å². The first kappa shape index (κ1) is 19.0. The molecule has 1 amide bonds. The summed E-state index contributed by atoms with van der Waals surface area (Å²) in [6.45, 7) is 5.07. The van der Waals surface area contributed by atoms with Gasteiger partial charge < -0.3 is 10.1 Å². The van der Waals surface area contributed by atoms with Gasteiger partial charge in [0.05, 0.1) is 24.4 Å². The molecule has 8 nitrogen and oxygen atoms in total. The van der Waals surface area contributed by atoms with Crippen molar-refractivity contribution in [1.29, 1.82) is 5.26 Å². The Hall–Kier alpha value is -2.73. The van der Waals surface area contributed by atoms with E-state index in [1.807, 2.05) is 0 Å². The number of ether oxygens (including phenoxy) is 1. The Morgan fingerprint density at radius 2 is 2.22 bits per heavy atom. The highest BCUT2D eigenvalue weighted by Gasteiger charge is 2.43. The number of nitriles is 1. The number of aromatic nitrogens is 2. The summed E-state index contributed by atoms with van der Waals surface area (Å²) < 4.78 is 6.20. The van der Waals surface area contributed by atoms with E-state index in [1.165, 1.54) is 10.9 Å². The molecule has 0 spiro atoms. The van der Waals surface area contributed by atoms with Crippen molar-refractivity contribution < 1.29 is 14.3 Å². The molecule has 2 heterocycles. The van der Waals surface area contributed by atoms with Gasteiger partial charge in [-0.2, -0.15) is 5.26 Å². The highest BCUT2D eigenvalue weighted by molar-refractivity contribution is 7.20. The summed E-state index contributed by atoms with van der Waals surface area (Å²) in [6, 6.07) is 2.15. The van der Waals surface area contributed by atoms with E-state index in [0.29, 0.717) is 20.7 Å². The molecule has 0 saturated heterocycles. The second-order valence-corrected chi connectivity index (χ2v) is 7.77. The number of amides is 1. The minimum atomic E-state index is -0.923. The molecule has 0 aromatic carbocycles. The summed E-state index contributed by atoms with van der Waals surface area (Å²) in [5.41, 5.74) is -0.821. The second-order valence-electron chi connectivity index (χ2n) is 6.77. The Labute approximate surface area is 159 Å². The number of carbonyl (C=O) groups is 2. The van der Waals surface area contributed by atoms with Gasteiger partial charge in [0, 0.05) is 0 Å². The number of nitrogens with one attached hydrogen (secondary N) is 1. The molecule has 0 bridgehead atoms. The number of carbonyl (C=O) groups excluding carboxylic acids is 2. The van der Waals surface area contributed by atoms with Gasteiger partial charge >= 0.3 is 5.97 Å². The number of nitrogens with zero attached hydrogens (tertiary/aromatic N) is 3. The Balaban J connectivity index is 1.88. The molecule has 0 aliphatic heterocycles. The number of thiophene rings is 1. The summed E-state index contributed by atoms with van der Waals surface area (Å²) in [7, 11) is 0. The topological polar surface area (TPSA) is 114 Å². The lowest BCUT2D eigenvalue weighted by Crippen LogP contribution is -2.48. The van der Waals surface area contributed by atoms with Crippen molar-refractivity contribution in [1.82, 2.24) is 14.9 Å². The lowest BCUT2D eigenvalue weighted by atomic mass is 9.98. The smallest absolute Gasteiger partial charge is 0.348 e. The fourth-order valence-corrected chi connectivity index (χ4v) is 4.06. The zero-order chi connectivity index (χ0) is 19.8.